The second kappa shape index (κ2) is 9.83. The summed E-state index contributed by atoms with van der Waals surface area (Å²) in [6, 6.07) is 16.7. The Morgan fingerprint density at radius 1 is 1.03 bits per heavy atom. The van der Waals surface area contributed by atoms with Crippen LogP contribution in [-0.2, 0) is 11.3 Å². The van der Waals surface area contributed by atoms with Gasteiger partial charge >= 0.3 is 0 Å². The van der Waals surface area contributed by atoms with Gasteiger partial charge in [-0.2, -0.15) is 0 Å². The zero-order valence-electron chi connectivity index (χ0n) is 17.0. The van der Waals surface area contributed by atoms with E-state index in [1.165, 1.54) is 22.5 Å². The van der Waals surface area contributed by atoms with Gasteiger partial charge in [0, 0.05) is 48.1 Å². The summed E-state index contributed by atoms with van der Waals surface area (Å²) in [5.74, 6) is -0.00121. The van der Waals surface area contributed by atoms with Crippen LogP contribution in [0.4, 0.5) is 5.13 Å². The SMILES string of the molecule is Cc1ccc(CN2CCN(CC(=O)Nc3nc(-c4ccc(Br)cc4)cs3)CC2)cc1. The third-order valence-electron chi connectivity index (χ3n) is 5.25. The first-order valence-electron chi connectivity index (χ1n) is 10.1. The highest BCUT2D eigenvalue weighted by molar-refractivity contribution is 9.10. The summed E-state index contributed by atoms with van der Waals surface area (Å²) in [5.41, 5.74) is 4.56. The molecule has 1 amide bonds. The van der Waals surface area contributed by atoms with Crippen LogP contribution >= 0.6 is 27.3 Å². The number of halogens is 1. The maximum Gasteiger partial charge on any atom is 0.240 e. The fourth-order valence-electron chi connectivity index (χ4n) is 3.50. The van der Waals surface area contributed by atoms with Crippen LogP contribution < -0.4 is 5.32 Å². The largest absolute Gasteiger partial charge is 0.301 e. The van der Waals surface area contributed by atoms with Gasteiger partial charge in [-0.3, -0.25) is 14.6 Å². The molecule has 0 aliphatic carbocycles. The molecule has 1 N–H and O–H groups in total. The smallest absolute Gasteiger partial charge is 0.240 e. The minimum absolute atomic E-state index is 0.00121. The van der Waals surface area contributed by atoms with Crippen LogP contribution in [0.1, 0.15) is 11.1 Å². The van der Waals surface area contributed by atoms with Crippen LogP contribution in [0.3, 0.4) is 0 Å². The molecule has 0 saturated carbocycles. The van der Waals surface area contributed by atoms with E-state index in [4.69, 9.17) is 0 Å². The van der Waals surface area contributed by atoms with Crippen molar-refractivity contribution in [3.8, 4) is 11.3 Å². The number of nitrogens with one attached hydrogen (secondary N) is 1. The van der Waals surface area contributed by atoms with E-state index < -0.39 is 0 Å². The second-order valence-corrected chi connectivity index (χ2v) is 9.40. The van der Waals surface area contributed by atoms with E-state index in [-0.39, 0.29) is 5.91 Å². The minimum Gasteiger partial charge on any atom is -0.301 e. The van der Waals surface area contributed by atoms with Gasteiger partial charge in [-0.05, 0) is 24.6 Å². The molecule has 4 rings (SSSR count). The predicted molar refractivity (Wildman–Crippen MR) is 127 cm³/mol. The highest BCUT2D eigenvalue weighted by atomic mass is 79.9. The monoisotopic (exact) mass is 484 g/mol. The molecule has 0 spiro atoms. The molecule has 0 unspecified atom stereocenters. The molecular formula is C23H25BrN4OS. The molecule has 3 aromatic rings. The summed E-state index contributed by atoms with van der Waals surface area (Å²) in [4.78, 5) is 21.7. The Balaban J connectivity index is 1.23. The Bertz CT molecular complexity index is 979. The topological polar surface area (TPSA) is 48.5 Å². The number of carbonyl (C=O) groups excluding carboxylic acids is 1. The van der Waals surface area contributed by atoms with Crippen LogP contribution in [0.15, 0.2) is 58.4 Å². The maximum absolute atomic E-state index is 12.5. The number of aromatic nitrogens is 1. The number of amides is 1. The standard InChI is InChI=1S/C23H25BrN4OS/c1-17-2-4-18(5-3-17)14-27-10-12-28(13-11-27)15-22(29)26-23-25-21(16-30-23)19-6-8-20(24)9-7-19/h2-9,16H,10-15H2,1H3,(H,25,26,29). The lowest BCUT2D eigenvalue weighted by Crippen LogP contribution is -2.48. The highest BCUT2D eigenvalue weighted by Crippen LogP contribution is 2.26. The van der Waals surface area contributed by atoms with Crippen molar-refractivity contribution in [1.29, 1.82) is 0 Å². The van der Waals surface area contributed by atoms with E-state index in [1.54, 1.807) is 0 Å². The fourth-order valence-corrected chi connectivity index (χ4v) is 4.50. The number of thiazole rings is 1. The van der Waals surface area contributed by atoms with Crippen LogP contribution in [0.5, 0.6) is 0 Å². The quantitative estimate of drug-likeness (QED) is 0.553. The number of benzene rings is 2. The highest BCUT2D eigenvalue weighted by Gasteiger charge is 2.19. The summed E-state index contributed by atoms with van der Waals surface area (Å²) in [6.45, 7) is 7.26. The lowest BCUT2D eigenvalue weighted by Gasteiger charge is -2.34. The van der Waals surface area contributed by atoms with Crippen molar-refractivity contribution in [1.82, 2.24) is 14.8 Å². The number of carbonyl (C=O) groups is 1. The summed E-state index contributed by atoms with van der Waals surface area (Å²) in [5, 5.41) is 5.57. The first kappa shape index (κ1) is 21.2. The van der Waals surface area contributed by atoms with Gasteiger partial charge in [0.05, 0.1) is 12.2 Å². The van der Waals surface area contributed by atoms with E-state index in [2.05, 4.69) is 67.2 Å². The Hall–Kier alpha value is -2.06. The average molecular weight is 485 g/mol. The molecule has 2 aromatic carbocycles. The molecule has 0 bridgehead atoms. The number of aryl methyl sites for hydroxylation is 1. The van der Waals surface area contributed by atoms with E-state index in [0.29, 0.717) is 11.7 Å². The number of piperazine rings is 1. The van der Waals surface area contributed by atoms with Gasteiger partial charge in [0.25, 0.3) is 0 Å². The van der Waals surface area contributed by atoms with Crippen molar-refractivity contribution in [2.24, 2.45) is 0 Å². The molecule has 156 valence electrons. The van der Waals surface area contributed by atoms with Crippen molar-refractivity contribution in [3.05, 3.63) is 69.5 Å². The minimum atomic E-state index is -0.00121. The zero-order valence-corrected chi connectivity index (χ0v) is 19.4. The van der Waals surface area contributed by atoms with Crippen LogP contribution in [0.2, 0.25) is 0 Å². The maximum atomic E-state index is 12.5. The van der Waals surface area contributed by atoms with Crippen molar-refractivity contribution < 1.29 is 4.79 Å². The third-order valence-corrected chi connectivity index (χ3v) is 6.54. The molecular weight excluding hydrogens is 460 g/mol. The van der Waals surface area contributed by atoms with Crippen molar-refractivity contribution in [3.63, 3.8) is 0 Å². The van der Waals surface area contributed by atoms with Crippen molar-refractivity contribution in [2.75, 3.05) is 38.0 Å². The molecule has 2 heterocycles. The van der Waals surface area contributed by atoms with Crippen LogP contribution in [-0.4, -0.2) is 53.4 Å². The van der Waals surface area contributed by atoms with Crippen LogP contribution in [0.25, 0.3) is 11.3 Å². The Labute approximate surface area is 189 Å². The first-order chi connectivity index (χ1) is 14.5. The summed E-state index contributed by atoms with van der Waals surface area (Å²) in [6.07, 6.45) is 0. The number of hydrogen-bond donors (Lipinski definition) is 1. The summed E-state index contributed by atoms with van der Waals surface area (Å²) < 4.78 is 1.04. The van der Waals surface area contributed by atoms with Crippen molar-refractivity contribution in [2.45, 2.75) is 13.5 Å². The molecule has 1 aliphatic rings. The van der Waals surface area contributed by atoms with Gasteiger partial charge in [-0.1, -0.05) is 57.9 Å². The first-order valence-corrected chi connectivity index (χ1v) is 11.7. The predicted octanol–water partition coefficient (Wildman–Crippen LogP) is 4.64. The van der Waals surface area contributed by atoms with E-state index in [9.17, 15) is 4.79 Å². The molecule has 1 aromatic heterocycles. The molecule has 1 saturated heterocycles. The molecule has 5 nitrogen and oxygen atoms in total. The number of nitrogens with zero attached hydrogens (tertiary/aromatic N) is 3. The van der Waals surface area contributed by atoms with E-state index in [0.717, 1.165) is 48.5 Å². The summed E-state index contributed by atoms with van der Waals surface area (Å²) >= 11 is 4.90. The third kappa shape index (κ3) is 5.76. The zero-order chi connectivity index (χ0) is 20.9. The van der Waals surface area contributed by atoms with Gasteiger partial charge in [-0.25, -0.2) is 4.98 Å². The van der Waals surface area contributed by atoms with Gasteiger partial charge < -0.3 is 5.32 Å². The molecule has 1 aliphatic heterocycles. The second-order valence-electron chi connectivity index (χ2n) is 7.63. The lowest BCUT2D eigenvalue weighted by atomic mass is 10.1. The fraction of sp³-hybridized carbons (Fsp3) is 0.304. The van der Waals surface area contributed by atoms with Gasteiger partial charge in [0.2, 0.25) is 5.91 Å². The Morgan fingerprint density at radius 3 is 2.40 bits per heavy atom. The van der Waals surface area contributed by atoms with Crippen molar-refractivity contribution >= 4 is 38.3 Å². The molecule has 30 heavy (non-hydrogen) atoms. The number of anilines is 1. The van der Waals surface area contributed by atoms with Gasteiger partial charge in [-0.15, -0.1) is 11.3 Å². The molecule has 0 radical (unpaired) electrons. The summed E-state index contributed by atoms with van der Waals surface area (Å²) in [7, 11) is 0. The van der Waals surface area contributed by atoms with Crippen LogP contribution in [0, 0.1) is 6.92 Å². The Morgan fingerprint density at radius 2 is 1.70 bits per heavy atom. The number of hydrogen-bond acceptors (Lipinski definition) is 5. The molecule has 1 fully saturated rings. The molecule has 7 heteroatoms. The lowest BCUT2D eigenvalue weighted by molar-refractivity contribution is -0.117. The van der Waals surface area contributed by atoms with E-state index >= 15 is 0 Å². The van der Waals surface area contributed by atoms with Gasteiger partial charge in [0.1, 0.15) is 0 Å². The van der Waals surface area contributed by atoms with E-state index in [1.807, 2.05) is 29.6 Å². The molecule has 0 atom stereocenters. The number of rotatable bonds is 6. The normalized spacial score (nSPS) is 15.3. The Kier molecular flexibility index (Phi) is 6.94. The average Bonchev–Trinajstić information content (AvgIpc) is 3.20. The van der Waals surface area contributed by atoms with Gasteiger partial charge in [0.15, 0.2) is 5.13 Å².